The molecule has 0 spiro atoms. The maximum absolute atomic E-state index is 14.7. The van der Waals surface area contributed by atoms with Crippen LogP contribution < -0.4 is 19.1 Å². The summed E-state index contributed by atoms with van der Waals surface area (Å²) in [4.78, 5) is 3.56. The number of ether oxygens (including phenoxy) is 2. The Balaban J connectivity index is 2.11. The number of thiazole rings is 1. The third kappa shape index (κ3) is 4.30. The summed E-state index contributed by atoms with van der Waals surface area (Å²) in [6.45, 7) is -0.131. The number of nitrogens with one attached hydrogen (secondary N) is 1. The minimum atomic E-state index is -4.33. The van der Waals surface area contributed by atoms with Crippen LogP contribution in [-0.2, 0) is 16.6 Å². The van der Waals surface area contributed by atoms with Crippen molar-refractivity contribution < 1.29 is 22.3 Å². The molecule has 0 atom stereocenters. The van der Waals surface area contributed by atoms with Gasteiger partial charge in [0.05, 0.1) is 31.5 Å². The van der Waals surface area contributed by atoms with Gasteiger partial charge in [-0.2, -0.15) is 0 Å². The lowest BCUT2D eigenvalue weighted by molar-refractivity contribution is 0.391. The van der Waals surface area contributed by atoms with Gasteiger partial charge in [-0.25, -0.2) is 22.1 Å². The standard InChI is InChI=1S/C19H19ClFN3O4S2/c1-22-16-10-15(21)18(9-14(16)20)30(25,26)24(19-23-6-7-29-19)11-12-4-5-13(27-2)8-17(12)28-3/h4-10,22H,11H2,1-3H3. The molecule has 0 saturated carbocycles. The number of aromatic nitrogens is 1. The zero-order chi connectivity index (χ0) is 21.9. The van der Waals surface area contributed by atoms with E-state index in [0.29, 0.717) is 17.1 Å². The molecule has 0 amide bonds. The normalized spacial score (nSPS) is 11.2. The van der Waals surface area contributed by atoms with E-state index in [2.05, 4.69) is 10.3 Å². The van der Waals surface area contributed by atoms with Gasteiger partial charge in [0.2, 0.25) is 0 Å². The molecule has 1 N–H and O–H groups in total. The fourth-order valence-corrected chi connectivity index (χ4v) is 5.43. The van der Waals surface area contributed by atoms with Crippen LogP contribution in [0.15, 0.2) is 46.8 Å². The maximum atomic E-state index is 14.7. The average Bonchev–Trinajstić information content (AvgIpc) is 3.27. The van der Waals surface area contributed by atoms with Crippen LogP contribution in [-0.4, -0.2) is 34.7 Å². The van der Waals surface area contributed by atoms with Crippen molar-refractivity contribution in [2.24, 2.45) is 0 Å². The van der Waals surface area contributed by atoms with Gasteiger partial charge in [0.15, 0.2) is 5.13 Å². The van der Waals surface area contributed by atoms with Gasteiger partial charge in [0.25, 0.3) is 10.0 Å². The van der Waals surface area contributed by atoms with E-state index in [4.69, 9.17) is 21.1 Å². The third-order valence-electron chi connectivity index (χ3n) is 4.30. The molecule has 1 aromatic heterocycles. The number of halogens is 2. The van der Waals surface area contributed by atoms with Crippen molar-refractivity contribution in [2.45, 2.75) is 11.4 Å². The summed E-state index contributed by atoms with van der Waals surface area (Å²) in [5.41, 5.74) is 0.834. The molecule has 0 bridgehead atoms. The Bertz CT molecular complexity index is 1140. The highest BCUT2D eigenvalue weighted by Gasteiger charge is 2.31. The van der Waals surface area contributed by atoms with E-state index in [9.17, 15) is 12.8 Å². The number of hydrogen-bond donors (Lipinski definition) is 1. The first-order valence-electron chi connectivity index (χ1n) is 8.61. The molecule has 0 aliphatic rings. The SMILES string of the molecule is CNc1cc(F)c(S(=O)(=O)N(Cc2ccc(OC)cc2OC)c2nccs2)cc1Cl. The molecule has 3 aromatic rings. The van der Waals surface area contributed by atoms with Gasteiger partial charge in [-0.15, -0.1) is 11.3 Å². The van der Waals surface area contributed by atoms with Crippen molar-refractivity contribution in [3.8, 4) is 11.5 Å². The number of methoxy groups -OCH3 is 2. The number of rotatable bonds is 8. The predicted molar refractivity (Wildman–Crippen MR) is 116 cm³/mol. The molecule has 30 heavy (non-hydrogen) atoms. The van der Waals surface area contributed by atoms with Crippen LogP contribution in [0.3, 0.4) is 0 Å². The predicted octanol–water partition coefficient (Wildman–Crippen LogP) is 4.39. The van der Waals surface area contributed by atoms with Crippen LogP contribution in [0, 0.1) is 5.82 Å². The minimum Gasteiger partial charge on any atom is -0.497 e. The summed E-state index contributed by atoms with van der Waals surface area (Å²) in [6.07, 6.45) is 1.47. The first-order valence-corrected chi connectivity index (χ1v) is 11.3. The second kappa shape index (κ2) is 9.07. The molecule has 0 radical (unpaired) electrons. The Morgan fingerprint density at radius 2 is 2.00 bits per heavy atom. The number of anilines is 2. The van der Waals surface area contributed by atoms with Gasteiger partial charge >= 0.3 is 0 Å². The number of hydrogen-bond acceptors (Lipinski definition) is 7. The Morgan fingerprint density at radius 1 is 1.23 bits per heavy atom. The van der Waals surface area contributed by atoms with E-state index in [1.807, 2.05) is 0 Å². The van der Waals surface area contributed by atoms with Gasteiger partial charge in [-0.1, -0.05) is 11.6 Å². The smallest absolute Gasteiger partial charge is 0.269 e. The van der Waals surface area contributed by atoms with E-state index in [0.717, 1.165) is 27.8 Å². The van der Waals surface area contributed by atoms with Gasteiger partial charge in [0, 0.05) is 30.3 Å². The third-order valence-corrected chi connectivity index (χ3v) is 7.27. The monoisotopic (exact) mass is 471 g/mol. The van der Waals surface area contributed by atoms with E-state index < -0.39 is 20.7 Å². The van der Waals surface area contributed by atoms with Gasteiger partial charge in [-0.05, 0) is 24.3 Å². The van der Waals surface area contributed by atoms with E-state index in [-0.39, 0.29) is 22.4 Å². The fourth-order valence-electron chi connectivity index (χ4n) is 2.77. The van der Waals surface area contributed by atoms with Crippen LogP contribution >= 0.6 is 22.9 Å². The highest BCUT2D eigenvalue weighted by molar-refractivity contribution is 7.93. The summed E-state index contributed by atoms with van der Waals surface area (Å²) in [6, 6.07) is 7.14. The molecule has 0 aliphatic heterocycles. The molecule has 11 heteroatoms. The Kier molecular flexibility index (Phi) is 6.69. The Hall–Kier alpha value is -2.56. The number of benzene rings is 2. The van der Waals surface area contributed by atoms with E-state index in [1.165, 1.54) is 20.4 Å². The largest absolute Gasteiger partial charge is 0.497 e. The summed E-state index contributed by atoms with van der Waals surface area (Å²) < 4.78 is 53.2. The lowest BCUT2D eigenvalue weighted by Gasteiger charge is -2.23. The topological polar surface area (TPSA) is 80.8 Å². The van der Waals surface area contributed by atoms with Crippen LogP contribution in [0.1, 0.15) is 5.56 Å². The van der Waals surface area contributed by atoms with Crippen LogP contribution in [0.2, 0.25) is 5.02 Å². The van der Waals surface area contributed by atoms with Crippen LogP contribution in [0.25, 0.3) is 0 Å². The average molecular weight is 472 g/mol. The number of sulfonamides is 1. The molecule has 0 aliphatic carbocycles. The van der Waals surface area contributed by atoms with Crippen molar-refractivity contribution in [3.63, 3.8) is 0 Å². The second-order valence-corrected chi connectivity index (χ2v) is 9.13. The molecule has 160 valence electrons. The molecule has 7 nitrogen and oxygen atoms in total. The lowest BCUT2D eigenvalue weighted by Crippen LogP contribution is -2.31. The molecule has 0 saturated heterocycles. The highest BCUT2D eigenvalue weighted by atomic mass is 35.5. The molecule has 0 fully saturated rings. The van der Waals surface area contributed by atoms with E-state index >= 15 is 0 Å². The summed E-state index contributed by atoms with van der Waals surface area (Å²) in [5, 5.41) is 4.62. The highest BCUT2D eigenvalue weighted by Crippen LogP contribution is 2.35. The van der Waals surface area contributed by atoms with E-state index in [1.54, 1.807) is 30.6 Å². The molecule has 3 rings (SSSR count). The molecule has 1 heterocycles. The Morgan fingerprint density at radius 3 is 2.60 bits per heavy atom. The van der Waals surface area contributed by atoms with Crippen LogP contribution in [0.5, 0.6) is 11.5 Å². The van der Waals surface area contributed by atoms with Crippen LogP contribution in [0.4, 0.5) is 15.2 Å². The molecule has 2 aromatic carbocycles. The summed E-state index contributed by atoms with van der Waals surface area (Å²) in [5.74, 6) is 0.0573. The van der Waals surface area contributed by atoms with Gasteiger partial charge in [0.1, 0.15) is 22.2 Å². The number of nitrogens with zero attached hydrogens (tertiary/aromatic N) is 2. The molecule has 0 unspecified atom stereocenters. The fraction of sp³-hybridized carbons (Fsp3) is 0.211. The zero-order valence-corrected chi connectivity index (χ0v) is 18.7. The van der Waals surface area contributed by atoms with Crippen molar-refractivity contribution in [1.82, 2.24) is 4.98 Å². The van der Waals surface area contributed by atoms with Crippen molar-refractivity contribution in [3.05, 3.63) is 58.3 Å². The molecular weight excluding hydrogens is 453 g/mol. The second-order valence-electron chi connectivity index (χ2n) is 6.02. The first kappa shape index (κ1) is 22.1. The quantitative estimate of drug-likeness (QED) is 0.524. The van der Waals surface area contributed by atoms with Gasteiger partial charge < -0.3 is 14.8 Å². The maximum Gasteiger partial charge on any atom is 0.269 e. The summed E-state index contributed by atoms with van der Waals surface area (Å²) >= 11 is 7.23. The minimum absolute atomic E-state index is 0.0820. The Labute approximate surface area is 183 Å². The van der Waals surface area contributed by atoms with Crippen molar-refractivity contribution >= 4 is 43.8 Å². The van der Waals surface area contributed by atoms with Crippen molar-refractivity contribution in [2.75, 3.05) is 30.9 Å². The first-order chi connectivity index (χ1) is 14.3. The zero-order valence-electron chi connectivity index (χ0n) is 16.3. The summed E-state index contributed by atoms with van der Waals surface area (Å²) in [7, 11) is 0.213. The molecular formula is C19H19ClFN3O4S2. The van der Waals surface area contributed by atoms with Gasteiger partial charge in [-0.3, -0.25) is 0 Å². The lowest BCUT2D eigenvalue weighted by atomic mass is 10.2. The van der Waals surface area contributed by atoms with Crippen molar-refractivity contribution in [1.29, 1.82) is 0 Å².